The Hall–Kier alpha value is -1.36. The minimum absolute atomic E-state index is 0.0703. The van der Waals surface area contributed by atoms with E-state index in [0.717, 1.165) is 17.9 Å². The number of carbonyl (C=O) groups is 1. The maximum Gasteiger partial charge on any atom is 0.327 e. The van der Waals surface area contributed by atoms with Gasteiger partial charge in [0.1, 0.15) is 5.75 Å². The number of amides is 2. The molecule has 2 N–H and O–H groups in total. The molecule has 0 saturated heterocycles. The zero-order chi connectivity index (χ0) is 22.6. The summed E-state index contributed by atoms with van der Waals surface area (Å²) >= 11 is 1.36. The summed E-state index contributed by atoms with van der Waals surface area (Å²) in [6.45, 7) is 3.01. The Kier molecular flexibility index (Phi) is 17.3. The van der Waals surface area contributed by atoms with E-state index in [9.17, 15) is 9.90 Å². The molecular formula is C26H46N2O2S. The van der Waals surface area contributed by atoms with Crippen LogP contribution in [0.5, 0.6) is 5.75 Å². The normalized spacial score (nSPS) is 10.9. The van der Waals surface area contributed by atoms with Crippen molar-refractivity contribution in [1.29, 1.82) is 0 Å². The van der Waals surface area contributed by atoms with Gasteiger partial charge in [-0.05, 0) is 42.6 Å². The van der Waals surface area contributed by atoms with Crippen molar-refractivity contribution in [3.63, 3.8) is 0 Å². The Morgan fingerprint density at radius 2 is 1.19 bits per heavy atom. The fourth-order valence-electron chi connectivity index (χ4n) is 3.69. The second-order valence-electron chi connectivity index (χ2n) is 8.62. The number of phenolic OH excluding ortho intramolecular Hbond substituents is 1. The van der Waals surface area contributed by atoms with Crippen LogP contribution in [0.15, 0.2) is 29.2 Å². The van der Waals surface area contributed by atoms with Gasteiger partial charge in [0.2, 0.25) is 0 Å². The molecule has 0 aromatic heterocycles. The SMILES string of the molecule is CCCCCCCCCCCCCCCCCCNC(=O)N(C)Sc1ccc(O)cc1. The lowest BCUT2D eigenvalue weighted by Crippen LogP contribution is -2.33. The van der Waals surface area contributed by atoms with Gasteiger partial charge in [-0.1, -0.05) is 103 Å². The summed E-state index contributed by atoms with van der Waals surface area (Å²) in [5.41, 5.74) is 0. The average Bonchev–Trinajstić information content (AvgIpc) is 2.77. The van der Waals surface area contributed by atoms with E-state index in [1.54, 1.807) is 35.6 Å². The number of hydrogen-bond acceptors (Lipinski definition) is 3. The van der Waals surface area contributed by atoms with Crippen LogP contribution in [0.25, 0.3) is 0 Å². The highest BCUT2D eigenvalue weighted by molar-refractivity contribution is 7.97. The molecule has 1 aromatic carbocycles. The van der Waals surface area contributed by atoms with Gasteiger partial charge in [-0.15, -0.1) is 0 Å². The molecule has 0 radical (unpaired) electrons. The largest absolute Gasteiger partial charge is 0.508 e. The van der Waals surface area contributed by atoms with Crippen molar-refractivity contribution in [2.24, 2.45) is 0 Å². The van der Waals surface area contributed by atoms with E-state index in [1.807, 2.05) is 0 Å². The van der Waals surface area contributed by atoms with Gasteiger partial charge in [-0.3, -0.25) is 4.31 Å². The molecule has 2 amide bonds. The summed E-state index contributed by atoms with van der Waals surface area (Å²) in [5, 5.41) is 12.3. The van der Waals surface area contributed by atoms with E-state index >= 15 is 0 Å². The van der Waals surface area contributed by atoms with Crippen LogP contribution in [0.2, 0.25) is 0 Å². The van der Waals surface area contributed by atoms with Crippen molar-refractivity contribution in [3.8, 4) is 5.75 Å². The van der Waals surface area contributed by atoms with Crippen LogP contribution >= 0.6 is 11.9 Å². The lowest BCUT2D eigenvalue weighted by atomic mass is 10.0. The minimum atomic E-state index is -0.0703. The third-order valence-corrected chi connectivity index (χ3v) is 6.59. The molecule has 0 aliphatic rings. The Morgan fingerprint density at radius 1 is 0.774 bits per heavy atom. The van der Waals surface area contributed by atoms with E-state index in [2.05, 4.69) is 12.2 Å². The fourth-order valence-corrected chi connectivity index (χ4v) is 4.41. The molecular weight excluding hydrogens is 404 g/mol. The highest BCUT2D eigenvalue weighted by atomic mass is 32.2. The van der Waals surface area contributed by atoms with E-state index in [-0.39, 0.29) is 11.8 Å². The number of nitrogens with one attached hydrogen (secondary N) is 1. The molecule has 178 valence electrons. The fraction of sp³-hybridized carbons (Fsp3) is 0.731. The third kappa shape index (κ3) is 16.0. The zero-order valence-corrected chi connectivity index (χ0v) is 20.9. The van der Waals surface area contributed by atoms with Gasteiger partial charge in [0.25, 0.3) is 0 Å². The minimum Gasteiger partial charge on any atom is -0.508 e. The molecule has 0 unspecified atom stereocenters. The first-order valence-corrected chi connectivity index (χ1v) is 13.4. The average molecular weight is 451 g/mol. The lowest BCUT2D eigenvalue weighted by Gasteiger charge is -2.16. The Balaban J connectivity index is 1.83. The number of nitrogens with zero attached hydrogens (tertiary/aromatic N) is 1. The van der Waals surface area contributed by atoms with Crippen LogP contribution in [-0.4, -0.2) is 29.0 Å². The van der Waals surface area contributed by atoms with Crippen molar-refractivity contribution >= 4 is 18.0 Å². The second kappa shape index (κ2) is 19.3. The predicted octanol–water partition coefficient (Wildman–Crippen LogP) is 8.30. The van der Waals surface area contributed by atoms with Gasteiger partial charge in [0.05, 0.1) is 0 Å². The van der Waals surface area contributed by atoms with Crippen molar-refractivity contribution in [1.82, 2.24) is 9.62 Å². The summed E-state index contributed by atoms with van der Waals surface area (Å²) in [6, 6.07) is 6.80. The van der Waals surface area contributed by atoms with E-state index < -0.39 is 0 Å². The van der Waals surface area contributed by atoms with E-state index in [0.29, 0.717) is 0 Å². The first-order valence-electron chi connectivity index (χ1n) is 12.6. The molecule has 0 atom stereocenters. The van der Waals surface area contributed by atoms with Crippen LogP contribution in [-0.2, 0) is 0 Å². The number of rotatable bonds is 19. The number of hydrogen-bond donors (Lipinski definition) is 2. The number of carbonyl (C=O) groups excluding carboxylic acids is 1. The highest BCUT2D eigenvalue weighted by Crippen LogP contribution is 2.23. The molecule has 0 aliphatic carbocycles. The third-order valence-electron chi connectivity index (χ3n) is 5.67. The smallest absolute Gasteiger partial charge is 0.327 e. The van der Waals surface area contributed by atoms with Crippen LogP contribution in [0.1, 0.15) is 110 Å². The van der Waals surface area contributed by atoms with Crippen molar-refractivity contribution in [3.05, 3.63) is 24.3 Å². The van der Waals surface area contributed by atoms with Gasteiger partial charge in [-0.25, -0.2) is 4.79 Å². The molecule has 0 spiro atoms. The van der Waals surface area contributed by atoms with Gasteiger partial charge < -0.3 is 10.4 Å². The maximum absolute atomic E-state index is 12.1. The number of urea groups is 1. The van der Waals surface area contributed by atoms with Gasteiger partial charge in [0, 0.05) is 18.5 Å². The molecule has 31 heavy (non-hydrogen) atoms. The van der Waals surface area contributed by atoms with Crippen LogP contribution in [0.4, 0.5) is 4.79 Å². The molecule has 0 fully saturated rings. The van der Waals surface area contributed by atoms with E-state index in [4.69, 9.17) is 0 Å². The molecule has 0 heterocycles. The maximum atomic E-state index is 12.1. The number of unbranched alkanes of at least 4 members (excludes halogenated alkanes) is 15. The molecule has 0 aliphatic heterocycles. The van der Waals surface area contributed by atoms with Crippen molar-refractivity contribution < 1.29 is 9.90 Å². The zero-order valence-electron chi connectivity index (χ0n) is 20.0. The van der Waals surface area contributed by atoms with Gasteiger partial charge in [-0.2, -0.15) is 0 Å². The first kappa shape index (κ1) is 27.7. The quantitative estimate of drug-likeness (QED) is 0.165. The summed E-state index contributed by atoms with van der Waals surface area (Å²) in [7, 11) is 1.76. The standard InChI is InChI=1S/C26H46N2O2S/c1-3-4-5-6-7-8-9-10-11-12-13-14-15-16-17-18-23-27-26(30)28(2)31-25-21-19-24(29)20-22-25/h19-22,29H,3-18,23H2,1-2H3,(H,27,30). The molecule has 0 saturated carbocycles. The summed E-state index contributed by atoms with van der Waals surface area (Å²) in [6.07, 6.45) is 21.7. The Labute approximate surface area is 195 Å². The van der Waals surface area contributed by atoms with Gasteiger partial charge >= 0.3 is 6.03 Å². The van der Waals surface area contributed by atoms with Crippen molar-refractivity contribution in [2.75, 3.05) is 13.6 Å². The molecule has 4 nitrogen and oxygen atoms in total. The summed E-state index contributed by atoms with van der Waals surface area (Å²) < 4.78 is 1.60. The summed E-state index contributed by atoms with van der Waals surface area (Å²) in [4.78, 5) is 13.0. The topological polar surface area (TPSA) is 52.6 Å². The van der Waals surface area contributed by atoms with Crippen LogP contribution in [0, 0.1) is 0 Å². The molecule has 1 rings (SSSR count). The second-order valence-corrected chi connectivity index (χ2v) is 9.82. The van der Waals surface area contributed by atoms with E-state index in [1.165, 1.54) is 108 Å². The number of benzene rings is 1. The highest BCUT2D eigenvalue weighted by Gasteiger charge is 2.09. The molecule has 0 bridgehead atoms. The lowest BCUT2D eigenvalue weighted by molar-refractivity contribution is 0.230. The Morgan fingerprint density at radius 3 is 1.65 bits per heavy atom. The van der Waals surface area contributed by atoms with Gasteiger partial charge in [0.15, 0.2) is 0 Å². The van der Waals surface area contributed by atoms with Crippen molar-refractivity contribution in [2.45, 2.75) is 115 Å². The molecule has 5 heteroatoms. The monoisotopic (exact) mass is 450 g/mol. The molecule has 1 aromatic rings. The summed E-state index contributed by atoms with van der Waals surface area (Å²) in [5.74, 6) is 0.236. The number of aromatic hydroxyl groups is 1. The van der Waals surface area contributed by atoms with Crippen LogP contribution < -0.4 is 5.32 Å². The number of phenols is 1. The first-order chi connectivity index (χ1) is 15.1. The Bertz CT molecular complexity index is 551. The van der Waals surface area contributed by atoms with Crippen LogP contribution in [0.3, 0.4) is 0 Å². The predicted molar refractivity (Wildman–Crippen MR) is 135 cm³/mol.